The van der Waals surface area contributed by atoms with Gasteiger partial charge < -0.3 is 4.52 Å². The lowest BCUT2D eigenvalue weighted by Gasteiger charge is -2.25. The lowest BCUT2D eigenvalue weighted by Crippen LogP contribution is -2.32. The third-order valence-electron chi connectivity index (χ3n) is 5.44. The van der Waals surface area contributed by atoms with Crippen molar-refractivity contribution in [1.82, 2.24) is 24.6 Å². The van der Waals surface area contributed by atoms with Crippen molar-refractivity contribution < 1.29 is 4.52 Å². The van der Waals surface area contributed by atoms with Gasteiger partial charge >= 0.3 is 0 Å². The van der Waals surface area contributed by atoms with E-state index < -0.39 is 0 Å². The minimum atomic E-state index is 0.0853. The molecule has 0 N–H and O–H groups in total. The third-order valence-corrected chi connectivity index (χ3v) is 5.44. The summed E-state index contributed by atoms with van der Waals surface area (Å²) in [6.07, 6.45) is 5.90. The Morgan fingerprint density at radius 2 is 2.08 bits per heavy atom. The molecule has 1 aliphatic carbocycles. The molecule has 0 spiro atoms. The largest absolute Gasteiger partial charge is 0.338 e. The van der Waals surface area contributed by atoms with Gasteiger partial charge in [0, 0.05) is 6.54 Å². The van der Waals surface area contributed by atoms with E-state index in [9.17, 15) is 4.79 Å². The van der Waals surface area contributed by atoms with Crippen molar-refractivity contribution in [3.63, 3.8) is 0 Å². The molecule has 1 atom stereocenters. The average molecular weight is 351 g/mol. The first kappa shape index (κ1) is 15.7. The number of rotatable bonds is 5. The predicted octanol–water partition coefficient (Wildman–Crippen LogP) is 2.53. The fraction of sp³-hybridized carbons (Fsp3) is 0.474. The number of hydrogen-bond acceptors (Lipinski definition) is 6. The summed E-state index contributed by atoms with van der Waals surface area (Å²) in [4.78, 5) is 24.5. The van der Waals surface area contributed by atoms with Crippen LogP contribution >= 0.6 is 0 Å². The SMILES string of the molecule is O=c1c2ccccc2nc(C2CCCN2Cc2ncno2)n1CC1CC1. The molecule has 0 bridgehead atoms. The highest BCUT2D eigenvalue weighted by atomic mass is 16.5. The maximum Gasteiger partial charge on any atom is 0.261 e. The molecule has 5 rings (SSSR count). The number of fused-ring (bicyclic) bond motifs is 1. The summed E-state index contributed by atoms with van der Waals surface area (Å²) in [7, 11) is 0. The van der Waals surface area contributed by atoms with Crippen molar-refractivity contribution in [3.05, 3.63) is 52.7 Å². The van der Waals surface area contributed by atoms with Gasteiger partial charge in [0.2, 0.25) is 5.89 Å². The Labute approximate surface area is 150 Å². The van der Waals surface area contributed by atoms with Crippen LogP contribution in [0.1, 0.15) is 43.4 Å². The first-order chi connectivity index (χ1) is 12.8. The molecular weight excluding hydrogens is 330 g/mol. The van der Waals surface area contributed by atoms with Crippen molar-refractivity contribution in [2.24, 2.45) is 5.92 Å². The second-order valence-electron chi connectivity index (χ2n) is 7.31. The smallest absolute Gasteiger partial charge is 0.261 e. The molecule has 1 aliphatic heterocycles. The predicted molar refractivity (Wildman–Crippen MR) is 95.4 cm³/mol. The molecule has 2 aromatic heterocycles. The molecule has 7 nitrogen and oxygen atoms in total. The van der Waals surface area contributed by atoms with Crippen LogP contribution in [0.15, 0.2) is 39.9 Å². The van der Waals surface area contributed by atoms with Crippen LogP contribution in [0.2, 0.25) is 0 Å². The summed E-state index contributed by atoms with van der Waals surface area (Å²) in [5.74, 6) is 2.10. The maximum atomic E-state index is 13.2. The quantitative estimate of drug-likeness (QED) is 0.703. The number of hydrogen-bond donors (Lipinski definition) is 0. The standard InChI is InChI=1S/C19H21N5O2/c25-19-14-4-1-2-5-15(14)22-18(24(19)10-13-7-8-13)16-6-3-9-23(16)11-17-20-12-21-26-17/h1-2,4-5,12-13,16H,3,6-11H2. The van der Waals surface area contributed by atoms with E-state index in [1.54, 1.807) is 0 Å². The highest BCUT2D eigenvalue weighted by molar-refractivity contribution is 5.77. The molecule has 0 amide bonds. The van der Waals surface area contributed by atoms with E-state index in [2.05, 4.69) is 15.0 Å². The first-order valence-electron chi connectivity index (χ1n) is 9.28. The van der Waals surface area contributed by atoms with E-state index in [1.165, 1.54) is 19.2 Å². The van der Waals surface area contributed by atoms with Crippen molar-refractivity contribution in [2.45, 2.75) is 44.8 Å². The number of benzene rings is 1. The van der Waals surface area contributed by atoms with Crippen LogP contribution in [0.4, 0.5) is 0 Å². The summed E-state index contributed by atoms with van der Waals surface area (Å²) in [5, 5.41) is 4.41. The molecule has 0 radical (unpaired) electrons. The number of aromatic nitrogens is 4. The van der Waals surface area contributed by atoms with Crippen LogP contribution < -0.4 is 5.56 Å². The Morgan fingerprint density at radius 1 is 1.19 bits per heavy atom. The van der Waals surface area contributed by atoms with Crippen LogP contribution in [0.25, 0.3) is 10.9 Å². The molecule has 1 saturated carbocycles. The van der Waals surface area contributed by atoms with Gasteiger partial charge in [-0.15, -0.1) is 0 Å². The van der Waals surface area contributed by atoms with E-state index in [4.69, 9.17) is 9.51 Å². The average Bonchev–Trinajstić information content (AvgIpc) is 3.13. The fourth-order valence-electron chi connectivity index (χ4n) is 3.92. The molecule has 1 saturated heterocycles. The van der Waals surface area contributed by atoms with Gasteiger partial charge in [-0.2, -0.15) is 4.98 Å². The Bertz CT molecular complexity index is 977. The van der Waals surface area contributed by atoms with E-state index in [0.717, 1.165) is 37.3 Å². The van der Waals surface area contributed by atoms with Crippen molar-refractivity contribution in [3.8, 4) is 0 Å². The zero-order valence-electron chi connectivity index (χ0n) is 14.5. The summed E-state index contributed by atoms with van der Waals surface area (Å²) < 4.78 is 7.11. The molecule has 2 fully saturated rings. The van der Waals surface area contributed by atoms with Crippen molar-refractivity contribution in [1.29, 1.82) is 0 Å². The fourth-order valence-corrected chi connectivity index (χ4v) is 3.92. The highest BCUT2D eigenvalue weighted by Gasteiger charge is 2.33. The van der Waals surface area contributed by atoms with Crippen molar-refractivity contribution in [2.75, 3.05) is 6.54 Å². The van der Waals surface area contributed by atoms with E-state index in [0.29, 0.717) is 23.7 Å². The molecular formula is C19H21N5O2. The van der Waals surface area contributed by atoms with Gasteiger partial charge in [0.05, 0.1) is 23.5 Å². The third kappa shape index (κ3) is 2.82. The van der Waals surface area contributed by atoms with Gasteiger partial charge in [0.1, 0.15) is 5.82 Å². The number of para-hydroxylation sites is 1. The van der Waals surface area contributed by atoms with Crippen molar-refractivity contribution >= 4 is 10.9 Å². The number of nitrogens with zero attached hydrogens (tertiary/aromatic N) is 5. The maximum absolute atomic E-state index is 13.2. The van der Waals surface area contributed by atoms with Crippen LogP contribution in [-0.2, 0) is 13.1 Å². The molecule has 3 heterocycles. The zero-order chi connectivity index (χ0) is 17.5. The van der Waals surface area contributed by atoms with Gasteiger partial charge in [0.25, 0.3) is 5.56 Å². The minimum Gasteiger partial charge on any atom is -0.338 e. The monoisotopic (exact) mass is 351 g/mol. The van der Waals surface area contributed by atoms with Gasteiger partial charge in [-0.05, 0) is 50.3 Å². The Morgan fingerprint density at radius 3 is 2.88 bits per heavy atom. The molecule has 1 unspecified atom stereocenters. The Kier molecular flexibility index (Phi) is 3.81. The number of likely N-dealkylation sites (tertiary alicyclic amines) is 1. The minimum absolute atomic E-state index is 0.0853. The van der Waals surface area contributed by atoms with E-state index in [-0.39, 0.29) is 11.6 Å². The highest BCUT2D eigenvalue weighted by Crippen LogP contribution is 2.35. The second-order valence-corrected chi connectivity index (χ2v) is 7.31. The Balaban J connectivity index is 1.58. The van der Waals surface area contributed by atoms with Gasteiger partial charge in [-0.25, -0.2) is 4.98 Å². The lowest BCUT2D eigenvalue weighted by molar-refractivity contribution is 0.201. The van der Waals surface area contributed by atoms with Crippen LogP contribution in [0.5, 0.6) is 0 Å². The second kappa shape index (κ2) is 6.32. The molecule has 134 valence electrons. The van der Waals surface area contributed by atoms with E-state index in [1.807, 2.05) is 28.8 Å². The van der Waals surface area contributed by atoms with Crippen LogP contribution in [0.3, 0.4) is 0 Å². The lowest BCUT2D eigenvalue weighted by atomic mass is 10.1. The normalized spacial score (nSPS) is 20.8. The summed E-state index contributed by atoms with van der Waals surface area (Å²) in [5.41, 5.74) is 0.867. The van der Waals surface area contributed by atoms with Crippen LogP contribution in [-0.4, -0.2) is 31.1 Å². The summed E-state index contributed by atoms with van der Waals surface area (Å²) in [6, 6.07) is 7.76. The molecule has 1 aromatic carbocycles. The van der Waals surface area contributed by atoms with Crippen LogP contribution in [0, 0.1) is 5.92 Å². The molecule has 2 aliphatic rings. The molecule has 3 aromatic rings. The van der Waals surface area contributed by atoms with E-state index >= 15 is 0 Å². The van der Waals surface area contributed by atoms with Gasteiger partial charge in [-0.3, -0.25) is 14.3 Å². The summed E-state index contributed by atoms with van der Waals surface area (Å²) in [6.45, 7) is 2.31. The topological polar surface area (TPSA) is 77.1 Å². The zero-order valence-corrected chi connectivity index (χ0v) is 14.5. The Hall–Kier alpha value is -2.54. The molecule has 7 heteroatoms. The summed E-state index contributed by atoms with van der Waals surface area (Å²) >= 11 is 0. The van der Waals surface area contributed by atoms with Gasteiger partial charge in [0.15, 0.2) is 6.33 Å². The first-order valence-corrected chi connectivity index (χ1v) is 9.28. The van der Waals surface area contributed by atoms with Gasteiger partial charge in [-0.1, -0.05) is 17.3 Å². The molecule has 26 heavy (non-hydrogen) atoms.